The zero-order valence-electron chi connectivity index (χ0n) is 9.87. The van der Waals surface area contributed by atoms with Gasteiger partial charge in [0.2, 0.25) is 0 Å². The Balaban J connectivity index is 2.02. The maximum Gasteiger partial charge on any atom is 0.251 e. The van der Waals surface area contributed by atoms with E-state index in [0.717, 1.165) is 19.3 Å². The first-order chi connectivity index (χ1) is 8.06. The van der Waals surface area contributed by atoms with Gasteiger partial charge in [0.1, 0.15) is 5.82 Å². The van der Waals surface area contributed by atoms with Crippen LogP contribution in [0.5, 0.6) is 0 Å². The number of hydrogen-bond acceptors (Lipinski definition) is 2. The Kier molecular flexibility index (Phi) is 3.31. The van der Waals surface area contributed by atoms with Crippen molar-refractivity contribution >= 4 is 11.6 Å². The second-order valence-corrected chi connectivity index (χ2v) is 4.82. The van der Waals surface area contributed by atoms with Gasteiger partial charge in [-0.15, -0.1) is 0 Å². The van der Waals surface area contributed by atoms with Crippen LogP contribution in [0.1, 0.15) is 36.5 Å². The van der Waals surface area contributed by atoms with Crippen LogP contribution in [0.15, 0.2) is 18.2 Å². The minimum Gasteiger partial charge on any atom is -0.396 e. The molecule has 1 aromatic rings. The van der Waals surface area contributed by atoms with E-state index in [1.807, 2.05) is 0 Å². The van der Waals surface area contributed by atoms with Crippen molar-refractivity contribution in [2.24, 2.45) is 5.92 Å². The van der Waals surface area contributed by atoms with Crippen molar-refractivity contribution in [3.63, 3.8) is 0 Å². The van der Waals surface area contributed by atoms with Crippen LogP contribution in [-0.4, -0.2) is 11.9 Å². The van der Waals surface area contributed by atoms with Crippen LogP contribution in [0.3, 0.4) is 0 Å². The van der Waals surface area contributed by atoms with Crippen LogP contribution in [0.25, 0.3) is 0 Å². The molecule has 1 amide bonds. The Morgan fingerprint density at radius 1 is 1.47 bits per heavy atom. The fourth-order valence-electron chi connectivity index (χ4n) is 2.28. The molecule has 2 rings (SSSR count). The van der Waals surface area contributed by atoms with E-state index < -0.39 is 5.82 Å². The molecule has 0 aliphatic heterocycles. The van der Waals surface area contributed by atoms with Gasteiger partial charge in [0.25, 0.3) is 5.91 Å². The summed E-state index contributed by atoms with van der Waals surface area (Å²) >= 11 is 0. The summed E-state index contributed by atoms with van der Waals surface area (Å²) in [6.07, 6.45) is 3.15. The minimum absolute atomic E-state index is 0.0658. The van der Waals surface area contributed by atoms with Gasteiger partial charge in [-0.25, -0.2) is 4.39 Å². The first-order valence-electron chi connectivity index (χ1n) is 5.92. The topological polar surface area (TPSA) is 55.1 Å². The van der Waals surface area contributed by atoms with E-state index in [1.165, 1.54) is 12.1 Å². The molecule has 3 N–H and O–H groups in total. The molecule has 3 nitrogen and oxygen atoms in total. The molecule has 0 spiro atoms. The molecule has 2 unspecified atom stereocenters. The Morgan fingerprint density at radius 2 is 2.24 bits per heavy atom. The fourth-order valence-corrected chi connectivity index (χ4v) is 2.28. The highest BCUT2D eigenvalue weighted by Gasteiger charge is 2.23. The number of amides is 1. The van der Waals surface area contributed by atoms with Crippen LogP contribution < -0.4 is 11.1 Å². The lowest BCUT2D eigenvalue weighted by atomic mass is 10.1. The lowest BCUT2D eigenvalue weighted by Gasteiger charge is -2.12. The number of benzene rings is 1. The van der Waals surface area contributed by atoms with E-state index in [4.69, 9.17) is 5.73 Å². The van der Waals surface area contributed by atoms with E-state index >= 15 is 0 Å². The number of nitrogen functional groups attached to an aromatic ring is 1. The van der Waals surface area contributed by atoms with E-state index in [2.05, 4.69) is 12.2 Å². The normalized spacial score (nSPS) is 23.6. The highest BCUT2D eigenvalue weighted by Crippen LogP contribution is 2.25. The maximum atomic E-state index is 13.2. The SMILES string of the molecule is CC1CCC(NC(=O)c2ccc(N)c(F)c2)C1. The molecule has 0 saturated heterocycles. The Labute approximate surface area is 100 Å². The lowest BCUT2D eigenvalue weighted by molar-refractivity contribution is 0.0937. The number of carbonyl (C=O) groups is 1. The summed E-state index contributed by atoms with van der Waals surface area (Å²) < 4.78 is 13.2. The number of nitrogens with one attached hydrogen (secondary N) is 1. The predicted molar refractivity (Wildman–Crippen MR) is 65.1 cm³/mol. The van der Waals surface area contributed by atoms with Gasteiger partial charge in [-0.3, -0.25) is 4.79 Å². The summed E-state index contributed by atoms with van der Waals surface area (Å²) in [4.78, 5) is 11.9. The zero-order valence-corrected chi connectivity index (χ0v) is 9.87. The predicted octanol–water partition coefficient (Wildman–Crippen LogP) is 2.33. The van der Waals surface area contributed by atoms with E-state index in [-0.39, 0.29) is 17.6 Å². The molecule has 4 heteroatoms. The quantitative estimate of drug-likeness (QED) is 0.774. The zero-order chi connectivity index (χ0) is 12.4. The van der Waals surface area contributed by atoms with Gasteiger partial charge in [0.05, 0.1) is 5.69 Å². The average molecular weight is 236 g/mol. The molecule has 92 valence electrons. The number of carbonyl (C=O) groups excluding carboxylic acids is 1. The van der Waals surface area contributed by atoms with Crippen molar-refractivity contribution in [1.82, 2.24) is 5.32 Å². The van der Waals surface area contributed by atoms with Gasteiger partial charge in [-0.2, -0.15) is 0 Å². The molecule has 2 atom stereocenters. The summed E-state index contributed by atoms with van der Waals surface area (Å²) in [5.74, 6) is -0.108. The van der Waals surface area contributed by atoms with E-state index in [1.54, 1.807) is 6.07 Å². The molecule has 0 aromatic heterocycles. The molecule has 1 fully saturated rings. The summed E-state index contributed by atoms with van der Waals surface area (Å²) in [5, 5.41) is 2.93. The Hall–Kier alpha value is -1.58. The van der Waals surface area contributed by atoms with Gasteiger partial charge in [0, 0.05) is 11.6 Å². The molecule has 1 saturated carbocycles. The van der Waals surface area contributed by atoms with E-state index in [9.17, 15) is 9.18 Å². The van der Waals surface area contributed by atoms with Gasteiger partial charge < -0.3 is 11.1 Å². The van der Waals surface area contributed by atoms with Crippen LogP contribution in [-0.2, 0) is 0 Å². The second kappa shape index (κ2) is 4.73. The Bertz CT molecular complexity index is 433. The van der Waals surface area contributed by atoms with E-state index in [0.29, 0.717) is 11.5 Å². The van der Waals surface area contributed by atoms with Crippen molar-refractivity contribution in [3.05, 3.63) is 29.6 Å². The Morgan fingerprint density at radius 3 is 2.82 bits per heavy atom. The molecule has 17 heavy (non-hydrogen) atoms. The highest BCUT2D eigenvalue weighted by molar-refractivity contribution is 5.94. The average Bonchev–Trinajstić information content (AvgIpc) is 2.68. The smallest absolute Gasteiger partial charge is 0.251 e. The number of nitrogens with two attached hydrogens (primary N) is 1. The molecule has 0 radical (unpaired) electrons. The summed E-state index contributed by atoms with van der Waals surface area (Å²) in [5.41, 5.74) is 5.76. The van der Waals surface area contributed by atoms with Gasteiger partial charge in [0.15, 0.2) is 0 Å². The standard InChI is InChI=1S/C13H17FN2O/c1-8-2-4-10(6-8)16-13(17)9-3-5-12(15)11(14)7-9/h3,5,7-8,10H,2,4,6,15H2,1H3,(H,16,17). The van der Waals surface area contributed by atoms with Crippen LogP contribution in [0, 0.1) is 11.7 Å². The molecule has 0 bridgehead atoms. The molecule has 1 aliphatic carbocycles. The van der Waals surface area contributed by atoms with Crippen LogP contribution in [0.4, 0.5) is 10.1 Å². The van der Waals surface area contributed by atoms with Gasteiger partial charge >= 0.3 is 0 Å². The van der Waals surface area contributed by atoms with Crippen molar-refractivity contribution in [1.29, 1.82) is 0 Å². The molecule has 0 heterocycles. The third-order valence-corrected chi connectivity index (χ3v) is 3.29. The largest absolute Gasteiger partial charge is 0.396 e. The summed E-state index contributed by atoms with van der Waals surface area (Å²) in [6.45, 7) is 2.18. The van der Waals surface area contributed by atoms with Crippen LogP contribution in [0.2, 0.25) is 0 Å². The molecular formula is C13H17FN2O. The summed E-state index contributed by atoms with van der Waals surface area (Å²) in [7, 11) is 0. The summed E-state index contributed by atoms with van der Waals surface area (Å²) in [6, 6.07) is 4.37. The van der Waals surface area contributed by atoms with Gasteiger partial charge in [-0.05, 0) is 43.4 Å². The molecule has 1 aromatic carbocycles. The number of rotatable bonds is 2. The minimum atomic E-state index is -0.544. The molecular weight excluding hydrogens is 219 g/mol. The van der Waals surface area contributed by atoms with Crippen molar-refractivity contribution in [2.45, 2.75) is 32.2 Å². The van der Waals surface area contributed by atoms with Crippen molar-refractivity contribution in [2.75, 3.05) is 5.73 Å². The lowest BCUT2D eigenvalue weighted by Crippen LogP contribution is -2.32. The number of hydrogen-bond donors (Lipinski definition) is 2. The van der Waals surface area contributed by atoms with Crippen molar-refractivity contribution in [3.8, 4) is 0 Å². The number of halogens is 1. The highest BCUT2D eigenvalue weighted by atomic mass is 19.1. The van der Waals surface area contributed by atoms with Crippen molar-refractivity contribution < 1.29 is 9.18 Å². The third kappa shape index (κ3) is 2.75. The molecule has 1 aliphatic rings. The fraction of sp³-hybridized carbons (Fsp3) is 0.462. The second-order valence-electron chi connectivity index (χ2n) is 4.82. The third-order valence-electron chi connectivity index (χ3n) is 3.29. The number of anilines is 1. The van der Waals surface area contributed by atoms with Crippen LogP contribution >= 0.6 is 0 Å². The first-order valence-corrected chi connectivity index (χ1v) is 5.92. The van der Waals surface area contributed by atoms with Gasteiger partial charge in [-0.1, -0.05) is 6.92 Å². The monoisotopic (exact) mass is 236 g/mol. The first kappa shape index (κ1) is 11.9. The maximum absolute atomic E-state index is 13.2.